The maximum Gasteiger partial charge on any atom is 0.305 e. The zero-order valence-corrected chi connectivity index (χ0v) is 23.4. The van der Waals surface area contributed by atoms with E-state index in [0.29, 0.717) is 19.6 Å². The molecule has 1 aliphatic heterocycles. The topological polar surface area (TPSA) is 63.7 Å². The Labute approximate surface area is 233 Å². The lowest BCUT2D eigenvalue weighted by atomic mass is 9.55. The number of rotatable bonds is 15. The summed E-state index contributed by atoms with van der Waals surface area (Å²) in [5.41, 5.74) is 4.82. The highest BCUT2D eigenvalue weighted by atomic mass is 16.5. The van der Waals surface area contributed by atoms with Crippen molar-refractivity contribution in [2.75, 3.05) is 13.2 Å². The Bertz CT molecular complexity index is 1060. The molecule has 1 heterocycles. The van der Waals surface area contributed by atoms with Gasteiger partial charge in [-0.05, 0) is 41.5 Å². The molecule has 2 aromatic carbocycles. The molecule has 2 bridgehead atoms. The monoisotopic (exact) mass is 529 g/mol. The first-order valence-electron chi connectivity index (χ1n) is 15.3. The Morgan fingerprint density at radius 1 is 0.667 bits per heavy atom. The van der Waals surface area contributed by atoms with Crippen LogP contribution in [-0.4, -0.2) is 35.8 Å². The minimum absolute atomic E-state index is 0.0196. The van der Waals surface area contributed by atoms with Gasteiger partial charge in [0, 0.05) is 24.8 Å². The van der Waals surface area contributed by atoms with Crippen molar-refractivity contribution >= 4 is 17.8 Å². The number of hydrogen-bond acceptors (Lipinski definition) is 4. The van der Waals surface area contributed by atoms with Crippen molar-refractivity contribution in [3.63, 3.8) is 0 Å². The van der Waals surface area contributed by atoms with Crippen molar-refractivity contribution in [3.8, 4) is 0 Å². The van der Waals surface area contributed by atoms with Crippen LogP contribution in [-0.2, 0) is 19.1 Å². The van der Waals surface area contributed by atoms with Crippen LogP contribution in [0.2, 0.25) is 0 Å². The van der Waals surface area contributed by atoms with E-state index in [2.05, 4.69) is 31.2 Å². The molecule has 6 rings (SSSR count). The molecule has 0 spiro atoms. The SMILES string of the molecule is CCCCCCCCCCOC(=O)CCCCCN1C(=O)[C@@H]2C3c4ccccc4C(c4ccccc43)[C@H]2C1=O. The summed E-state index contributed by atoms with van der Waals surface area (Å²) in [5, 5.41) is 0. The van der Waals surface area contributed by atoms with Crippen molar-refractivity contribution in [1.82, 2.24) is 4.90 Å². The molecule has 1 fully saturated rings. The van der Waals surface area contributed by atoms with E-state index in [1.807, 2.05) is 24.3 Å². The first kappa shape index (κ1) is 27.6. The lowest BCUT2D eigenvalue weighted by molar-refractivity contribution is -0.144. The summed E-state index contributed by atoms with van der Waals surface area (Å²) in [5.74, 6) is -0.890. The van der Waals surface area contributed by atoms with Crippen LogP contribution in [0.1, 0.15) is 118 Å². The molecule has 4 aliphatic rings. The lowest BCUT2D eigenvalue weighted by Crippen LogP contribution is -2.41. The molecule has 0 aromatic heterocycles. The lowest BCUT2D eigenvalue weighted by Gasteiger charge is -2.45. The van der Waals surface area contributed by atoms with Crippen molar-refractivity contribution in [2.45, 2.75) is 95.8 Å². The van der Waals surface area contributed by atoms with E-state index in [0.717, 1.165) is 32.1 Å². The second kappa shape index (κ2) is 12.9. The number of benzene rings is 2. The van der Waals surface area contributed by atoms with Gasteiger partial charge in [0.2, 0.25) is 11.8 Å². The smallest absolute Gasteiger partial charge is 0.305 e. The predicted molar refractivity (Wildman–Crippen MR) is 152 cm³/mol. The van der Waals surface area contributed by atoms with Crippen molar-refractivity contribution in [2.24, 2.45) is 11.8 Å². The molecular formula is C34H43NO4. The van der Waals surface area contributed by atoms with Crippen LogP contribution in [0, 0.1) is 11.8 Å². The number of ether oxygens (including phenoxy) is 1. The number of carbonyl (C=O) groups is 3. The molecule has 5 nitrogen and oxygen atoms in total. The number of carbonyl (C=O) groups excluding carboxylic acids is 3. The highest BCUT2D eigenvalue weighted by Crippen LogP contribution is 2.60. The first-order chi connectivity index (χ1) is 19.1. The van der Waals surface area contributed by atoms with E-state index in [-0.39, 0.29) is 41.5 Å². The van der Waals surface area contributed by atoms with Crippen LogP contribution in [0.4, 0.5) is 0 Å². The molecular weight excluding hydrogens is 486 g/mol. The third-order valence-corrected chi connectivity index (χ3v) is 9.06. The fourth-order valence-corrected chi connectivity index (χ4v) is 7.17. The van der Waals surface area contributed by atoms with Crippen molar-refractivity contribution in [3.05, 3.63) is 70.8 Å². The number of hydrogen-bond donors (Lipinski definition) is 0. The molecule has 39 heavy (non-hydrogen) atoms. The Kier molecular flexibility index (Phi) is 9.16. The van der Waals surface area contributed by atoms with Gasteiger partial charge in [-0.1, -0.05) is 107 Å². The van der Waals surface area contributed by atoms with Crippen LogP contribution in [0.25, 0.3) is 0 Å². The molecule has 2 atom stereocenters. The third-order valence-electron chi connectivity index (χ3n) is 9.06. The highest BCUT2D eigenvalue weighted by molar-refractivity contribution is 6.07. The van der Waals surface area contributed by atoms with Crippen LogP contribution in [0.5, 0.6) is 0 Å². The number of unbranched alkanes of at least 4 members (excludes halogenated alkanes) is 9. The van der Waals surface area contributed by atoms with E-state index >= 15 is 0 Å². The van der Waals surface area contributed by atoms with Crippen molar-refractivity contribution < 1.29 is 19.1 Å². The largest absolute Gasteiger partial charge is 0.466 e. The molecule has 208 valence electrons. The van der Waals surface area contributed by atoms with Gasteiger partial charge in [0.25, 0.3) is 0 Å². The Balaban J connectivity index is 1.06. The van der Waals surface area contributed by atoms with Crippen molar-refractivity contribution in [1.29, 1.82) is 0 Å². The van der Waals surface area contributed by atoms with E-state index < -0.39 is 0 Å². The molecule has 5 heteroatoms. The second-order valence-electron chi connectivity index (χ2n) is 11.6. The molecule has 0 radical (unpaired) electrons. The molecule has 2 amide bonds. The minimum atomic E-state index is -0.307. The third kappa shape index (κ3) is 5.69. The number of amides is 2. The van der Waals surface area contributed by atoms with Gasteiger partial charge >= 0.3 is 5.97 Å². The van der Waals surface area contributed by atoms with Gasteiger partial charge in [0.1, 0.15) is 0 Å². The fraction of sp³-hybridized carbons (Fsp3) is 0.559. The predicted octanol–water partition coefficient (Wildman–Crippen LogP) is 7.12. The fourth-order valence-electron chi connectivity index (χ4n) is 7.17. The van der Waals surface area contributed by atoms with Gasteiger partial charge in [-0.25, -0.2) is 0 Å². The summed E-state index contributed by atoms with van der Waals surface area (Å²) in [6.07, 6.45) is 12.4. The number of esters is 1. The van der Waals surface area contributed by atoms with E-state index in [4.69, 9.17) is 4.74 Å². The molecule has 1 saturated heterocycles. The van der Waals surface area contributed by atoms with Crippen LogP contribution in [0.3, 0.4) is 0 Å². The summed E-state index contributed by atoms with van der Waals surface area (Å²) in [6, 6.07) is 16.7. The van der Waals surface area contributed by atoms with E-state index in [1.54, 1.807) is 0 Å². The maximum absolute atomic E-state index is 13.6. The summed E-state index contributed by atoms with van der Waals surface area (Å²) in [7, 11) is 0. The zero-order valence-electron chi connectivity index (χ0n) is 23.4. The van der Waals surface area contributed by atoms with E-state index in [1.165, 1.54) is 65.7 Å². The van der Waals surface area contributed by atoms with E-state index in [9.17, 15) is 14.4 Å². The van der Waals surface area contributed by atoms with Gasteiger partial charge in [-0.3, -0.25) is 19.3 Å². The minimum Gasteiger partial charge on any atom is -0.466 e. The molecule has 3 aliphatic carbocycles. The average molecular weight is 530 g/mol. The Morgan fingerprint density at radius 2 is 1.13 bits per heavy atom. The second-order valence-corrected chi connectivity index (χ2v) is 11.6. The van der Waals surface area contributed by atoms with Gasteiger partial charge in [0.15, 0.2) is 0 Å². The van der Waals surface area contributed by atoms with Gasteiger partial charge in [-0.15, -0.1) is 0 Å². The molecule has 0 N–H and O–H groups in total. The zero-order chi connectivity index (χ0) is 27.2. The average Bonchev–Trinajstić information content (AvgIpc) is 3.21. The van der Waals surface area contributed by atoms with Crippen LogP contribution >= 0.6 is 0 Å². The standard InChI is InChI=1S/C34H43NO4/c1-2-3-4-5-6-7-8-16-23-39-28(36)21-10-9-15-22-35-33(37)31-29-24-17-11-12-18-25(24)30(32(31)34(35)38)27-20-14-13-19-26(27)29/h11-14,17-20,29-32H,2-10,15-16,21-23H2,1H3/t29?,30?,31-,32-/m1/s1. The number of imide groups is 1. The highest BCUT2D eigenvalue weighted by Gasteiger charge is 2.61. The van der Waals surface area contributed by atoms with Gasteiger partial charge < -0.3 is 4.74 Å². The van der Waals surface area contributed by atoms with Gasteiger partial charge in [-0.2, -0.15) is 0 Å². The van der Waals surface area contributed by atoms with Crippen LogP contribution in [0.15, 0.2) is 48.5 Å². The Morgan fingerprint density at radius 3 is 1.64 bits per heavy atom. The quantitative estimate of drug-likeness (QED) is 0.140. The number of nitrogens with zero attached hydrogens (tertiary/aromatic N) is 1. The summed E-state index contributed by atoms with van der Waals surface area (Å²) >= 11 is 0. The maximum atomic E-state index is 13.6. The first-order valence-corrected chi connectivity index (χ1v) is 15.3. The summed E-state index contributed by atoms with van der Waals surface area (Å²) < 4.78 is 5.40. The summed E-state index contributed by atoms with van der Waals surface area (Å²) in [6.45, 7) is 3.18. The van der Waals surface area contributed by atoms with Crippen LogP contribution < -0.4 is 0 Å². The molecule has 0 saturated carbocycles. The Hall–Kier alpha value is -2.95. The van der Waals surface area contributed by atoms with Gasteiger partial charge in [0.05, 0.1) is 18.4 Å². The molecule has 2 aromatic rings. The molecule has 0 unspecified atom stereocenters. The normalized spacial score (nSPS) is 22.5. The number of likely N-dealkylation sites (tertiary alicyclic amines) is 1. The summed E-state index contributed by atoms with van der Waals surface area (Å²) in [4.78, 5) is 40.9.